The SMILES string of the molecule is Cc1cc([C@@]2(C)NC(=O)N(CC(=O)N(C)Cc3ccccc3)C2=O)c(C)o1. The van der Waals surface area contributed by atoms with E-state index in [1.54, 1.807) is 33.9 Å². The molecule has 0 radical (unpaired) electrons. The van der Waals surface area contributed by atoms with Crippen LogP contribution < -0.4 is 5.32 Å². The molecular weight excluding hydrogens is 346 g/mol. The highest BCUT2D eigenvalue weighted by atomic mass is 16.3. The molecule has 27 heavy (non-hydrogen) atoms. The van der Waals surface area contributed by atoms with Crippen molar-refractivity contribution in [3.8, 4) is 0 Å². The van der Waals surface area contributed by atoms with Crippen molar-refractivity contribution in [1.82, 2.24) is 15.1 Å². The average molecular weight is 369 g/mol. The number of nitrogens with zero attached hydrogens (tertiary/aromatic N) is 2. The van der Waals surface area contributed by atoms with Gasteiger partial charge >= 0.3 is 6.03 Å². The monoisotopic (exact) mass is 369 g/mol. The molecule has 1 aromatic carbocycles. The molecule has 2 heterocycles. The highest BCUT2D eigenvalue weighted by molar-refractivity contribution is 6.09. The molecule has 0 spiro atoms. The Labute approximate surface area is 157 Å². The number of urea groups is 1. The molecule has 0 aliphatic carbocycles. The summed E-state index contributed by atoms with van der Waals surface area (Å²) in [4.78, 5) is 40.4. The average Bonchev–Trinajstić information content (AvgIpc) is 3.07. The van der Waals surface area contributed by atoms with Gasteiger partial charge in [0.15, 0.2) is 0 Å². The Bertz CT molecular complexity index is 890. The van der Waals surface area contributed by atoms with E-state index >= 15 is 0 Å². The molecule has 0 saturated carbocycles. The number of imide groups is 1. The van der Waals surface area contributed by atoms with Gasteiger partial charge in [-0.3, -0.25) is 14.5 Å². The number of carbonyl (C=O) groups excluding carboxylic acids is 3. The fraction of sp³-hybridized carbons (Fsp3) is 0.350. The largest absolute Gasteiger partial charge is 0.466 e. The number of carbonyl (C=O) groups is 3. The minimum atomic E-state index is -1.24. The zero-order valence-electron chi connectivity index (χ0n) is 15.9. The highest BCUT2D eigenvalue weighted by Gasteiger charge is 2.51. The van der Waals surface area contributed by atoms with Gasteiger partial charge in [0.2, 0.25) is 5.91 Å². The first-order valence-corrected chi connectivity index (χ1v) is 8.72. The van der Waals surface area contributed by atoms with Crippen molar-refractivity contribution in [2.45, 2.75) is 32.9 Å². The summed E-state index contributed by atoms with van der Waals surface area (Å²) in [7, 11) is 1.65. The van der Waals surface area contributed by atoms with Gasteiger partial charge in [0.05, 0.1) is 0 Å². The third-order valence-corrected chi connectivity index (χ3v) is 4.84. The van der Waals surface area contributed by atoms with E-state index in [9.17, 15) is 14.4 Å². The predicted molar refractivity (Wildman–Crippen MR) is 98.7 cm³/mol. The van der Waals surface area contributed by atoms with Crippen LogP contribution in [0.5, 0.6) is 0 Å². The first kappa shape index (κ1) is 18.7. The summed E-state index contributed by atoms with van der Waals surface area (Å²) in [5, 5.41) is 2.70. The van der Waals surface area contributed by atoms with Crippen LogP contribution in [0.3, 0.4) is 0 Å². The maximum atomic E-state index is 12.9. The van der Waals surface area contributed by atoms with Crippen LogP contribution in [-0.2, 0) is 21.7 Å². The van der Waals surface area contributed by atoms with E-state index in [1.165, 1.54) is 4.90 Å². The number of aryl methyl sites for hydroxylation is 2. The van der Waals surface area contributed by atoms with Gasteiger partial charge in [-0.15, -0.1) is 0 Å². The molecule has 1 atom stereocenters. The number of furan rings is 1. The summed E-state index contributed by atoms with van der Waals surface area (Å²) in [5.41, 5.74) is 0.336. The molecule has 1 aromatic heterocycles. The van der Waals surface area contributed by atoms with Crippen molar-refractivity contribution in [2.24, 2.45) is 0 Å². The number of hydrogen-bond donors (Lipinski definition) is 1. The van der Waals surface area contributed by atoms with Gasteiger partial charge in [0.25, 0.3) is 5.91 Å². The van der Waals surface area contributed by atoms with E-state index < -0.39 is 17.5 Å². The second kappa shape index (κ2) is 6.90. The smallest absolute Gasteiger partial charge is 0.325 e. The third kappa shape index (κ3) is 3.45. The zero-order chi connectivity index (χ0) is 19.8. The molecule has 3 rings (SSSR count). The third-order valence-electron chi connectivity index (χ3n) is 4.84. The van der Waals surface area contributed by atoms with Gasteiger partial charge in [-0.05, 0) is 32.4 Å². The van der Waals surface area contributed by atoms with Crippen molar-refractivity contribution in [1.29, 1.82) is 0 Å². The molecule has 0 bridgehead atoms. The van der Waals surface area contributed by atoms with Crippen LogP contribution in [0.1, 0.15) is 29.6 Å². The lowest BCUT2D eigenvalue weighted by molar-refractivity contribution is -0.138. The van der Waals surface area contributed by atoms with Crippen LogP contribution in [0.2, 0.25) is 0 Å². The normalized spacial score (nSPS) is 19.3. The maximum absolute atomic E-state index is 12.9. The molecular formula is C20H23N3O4. The first-order valence-electron chi connectivity index (χ1n) is 8.72. The number of benzene rings is 1. The summed E-state index contributed by atoms with van der Waals surface area (Å²) in [6.45, 7) is 5.25. The molecule has 2 aromatic rings. The molecule has 7 nitrogen and oxygen atoms in total. The molecule has 1 aliphatic rings. The van der Waals surface area contributed by atoms with Crippen molar-refractivity contribution in [2.75, 3.05) is 13.6 Å². The Morgan fingerprint density at radius 2 is 1.89 bits per heavy atom. The van der Waals surface area contributed by atoms with E-state index in [0.717, 1.165) is 10.5 Å². The van der Waals surface area contributed by atoms with Crippen LogP contribution in [0, 0.1) is 13.8 Å². The number of rotatable bonds is 5. The molecule has 1 saturated heterocycles. The van der Waals surface area contributed by atoms with E-state index in [2.05, 4.69) is 5.32 Å². The van der Waals surface area contributed by atoms with Gasteiger partial charge < -0.3 is 14.6 Å². The Hall–Kier alpha value is -3.09. The summed E-state index contributed by atoms with van der Waals surface area (Å²) in [6.07, 6.45) is 0. The minimum absolute atomic E-state index is 0.306. The first-order chi connectivity index (χ1) is 12.7. The van der Waals surface area contributed by atoms with Crippen LogP contribution in [0.25, 0.3) is 0 Å². The second-order valence-corrected chi connectivity index (χ2v) is 7.01. The molecule has 4 amide bonds. The van der Waals surface area contributed by atoms with E-state index in [1.807, 2.05) is 30.3 Å². The fourth-order valence-corrected chi connectivity index (χ4v) is 3.35. The van der Waals surface area contributed by atoms with Crippen LogP contribution in [0.15, 0.2) is 40.8 Å². The van der Waals surface area contributed by atoms with Crippen molar-refractivity contribution < 1.29 is 18.8 Å². The fourth-order valence-electron chi connectivity index (χ4n) is 3.35. The minimum Gasteiger partial charge on any atom is -0.466 e. The molecule has 1 N–H and O–H groups in total. The number of nitrogens with one attached hydrogen (secondary N) is 1. The van der Waals surface area contributed by atoms with E-state index in [4.69, 9.17) is 4.42 Å². The highest BCUT2D eigenvalue weighted by Crippen LogP contribution is 2.32. The van der Waals surface area contributed by atoms with Crippen molar-refractivity contribution in [3.05, 3.63) is 59.0 Å². The van der Waals surface area contributed by atoms with Gasteiger partial charge in [-0.25, -0.2) is 4.79 Å². The Morgan fingerprint density at radius 1 is 1.22 bits per heavy atom. The van der Waals surface area contributed by atoms with Crippen LogP contribution >= 0.6 is 0 Å². The van der Waals surface area contributed by atoms with Crippen LogP contribution in [-0.4, -0.2) is 41.2 Å². The molecule has 0 unspecified atom stereocenters. The lowest BCUT2D eigenvalue weighted by Crippen LogP contribution is -2.43. The Kier molecular flexibility index (Phi) is 4.78. The number of hydrogen-bond acceptors (Lipinski definition) is 4. The van der Waals surface area contributed by atoms with Gasteiger partial charge in [-0.2, -0.15) is 0 Å². The zero-order valence-corrected chi connectivity index (χ0v) is 15.9. The second-order valence-electron chi connectivity index (χ2n) is 7.01. The lowest BCUT2D eigenvalue weighted by atomic mass is 9.92. The topological polar surface area (TPSA) is 82.9 Å². The molecule has 1 fully saturated rings. The number of amides is 4. The van der Waals surface area contributed by atoms with Gasteiger partial charge in [0.1, 0.15) is 23.6 Å². The summed E-state index contributed by atoms with van der Waals surface area (Å²) in [5.74, 6) is 0.450. The quantitative estimate of drug-likeness (QED) is 0.820. The molecule has 142 valence electrons. The standard InChI is InChI=1S/C20H23N3O4/c1-13-10-16(14(2)27-13)20(3)18(25)23(19(26)21-20)12-17(24)22(4)11-15-8-6-5-7-9-15/h5-10H,11-12H2,1-4H3,(H,21,26)/t20-/m1/s1. The summed E-state index contributed by atoms with van der Waals surface area (Å²) in [6, 6.07) is 10.7. The Morgan fingerprint density at radius 3 is 2.48 bits per heavy atom. The Balaban J connectivity index is 1.74. The molecule has 1 aliphatic heterocycles. The van der Waals surface area contributed by atoms with E-state index in [0.29, 0.717) is 23.6 Å². The number of likely N-dealkylation sites (N-methyl/N-ethyl adjacent to an activating group) is 1. The molecule has 7 heteroatoms. The van der Waals surface area contributed by atoms with E-state index in [-0.39, 0.29) is 12.5 Å². The van der Waals surface area contributed by atoms with Crippen LogP contribution in [0.4, 0.5) is 4.79 Å². The summed E-state index contributed by atoms with van der Waals surface area (Å²) < 4.78 is 5.50. The lowest BCUT2D eigenvalue weighted by Gasteiger charge is -2.22. The maximum Gasteiger partial charge on any atom is 0.325 e. The van der Waals surface area contributed by atoms with Crippen molar-refractivity contribution >= 4 is 17.8 Å². The summed E-state index contributed by atoms with van der Waals surface area (Å²) >= 11 is 0. The van der Waals surface area contributed by atoms with Crippen molar-refractivity contribution in [3.63, 3.8) is 0 Å². The van der Waals surface area contributed by atoms with Gasteiger partial charge in [-0.1, -0.05) is 30.3 Å². The predicted octanol–water partition coefficient (Wildman–Crippen LogP) is 2.32. The van der Waals surface area contributed by atoms with Gasteiger partial charge in [0, 0.05) is 19.2 Å².